The van der Waals surface area contributed by atoms with E-state index in [-0.39, 0.29) is 11.1 Å². The molecule has 3 rings (SSSR count). The lowest BCUT2D eigenvalue weighted by Gasteiger charge is -2.09. The first-order chi connectivity index (χ1) is 13.9. The van der Waals surface area contributed by atoms with Crippen molar-refractivity contribution in [2.24, 2.45) is 10.2 Å². The molecule has 0 aliphatic heterocycles. The molecule has 0 spiro atoms. The van der Waals surface area contributed by atoms with Crippen molar-refractivity contribution in [3.8, 4) is 5.75 Å². The predicted molar refractivity (Wildman–Crippen MR) is 110 cm³/mol. The van der Waals surface area contributed by atoms with Gasteiger partial charge in [0.15, 0.2) is 0 Å². The number of ether oxygens (including phenoxy) is 1. The van der Waals surface area contributed by atoms with E-state index in [4.69, 9.17) is 10.5 Å². The van der Waals surface area contributed by atoms with Crippen LogP contribution < -0.4 is 10.5 Å². The van der Waals surface area contributed by atoms with Gasteiger partial charge >= 0.3 is 0 Å². The molecule has 30 heavy (non-hydrogen) atoms. The second-order valence-electron chi connectivity index (χ2n) is 6.33. The Morgan fingerprint density at radius 1 is 0.900 bits per heavy atom. The summed E-state index contributed by atoms with van der Waals surface area (Å²) in [5.41, 5.74) is 6.96. The molecule has 4 N–H and O–H groups in total. The van der Waals surface area contributed by atoms with Crippen LogP contribution in [0.15, 0.2) is 62.5 Å². The van der Waals surface area contributed by atoms with E-state index in [1.807, 2.05) is 0 Å². The maximum Gasteiger partial charge on any atom is 0.297 e. The van der Waals surface area contributed by atoms with E-state index in [9.17, 15) is 25.9 Å². The summed E-state index contributed by atoms with van der Waals surface area (Å²) in [6, 6.07) is 9.24. The highest BCUT2D eigenvalue weighted by Crippen LogP contribution is 2.36. The summed E-state index contributed by atoms with van der Waals surface area (Å²) >= 11 is 0. The monoisotopic (exact) mass is 451 g/mol. The van der Waals surface area contributed by atoms with Gasteiger partial charge in [0.25, 0.3) is 20.2 Å². The Morgan fingerprint density at radius 2 is 1.53 bits per heavy atom. The number of nitrogens with zero attached hydrogens (tertiary/aromatic N) is 2. The molecule has 3 aromatic rings. The van der Waals surface area contributed by atoms with E-state index in [2.05, 4.69) is 10.2 Å². The van der Waals surface area contributed by atoms with Gasteiger partial charge in [-0.2, -0.15) is 21.9 Å². The Hall–Kier alpha value is -3.06. The number of anilines is 1. The van der Waals surface area contributed by atoms with Crippen molar-refractivity contribution >= 4 is 48.1 Å². The third-order valence-electron chi connectivity index (χ3n) is 4.29. The lowest BCUT2D eigenvalue weighted by atomic mass is 10.1. The van der Waals surface area contributed by atoms with Crippen LogP contribution in [-0.4, -0.2) is 33.1 Å². The molecule has 0 bridgehead atoms. The number of hydrogen-bond donors (Lipinski definition) is 3. The van der Waals surface area contributed by atoms with Crippen LogP contribution >= 0.6 is 0 Å². The quantitative estimate of drug-likeness (QED) is 0.300. The zero-order chi connectivity index (χ0) is 22.3. The average Bonchev–Trinajstić information content (AvgIpc) is 2.64. The molecule has 0 saturated carbocycles. The average molecular weight is 451 g/mol. The molecule has 3 aromatic carbocycles. The van der Waals surface area contributed by atoms with Gasteiger partial charge in [-0.3, -0.25) is 9.11 Å². The molecule has 0 heterocycles. The first-order valence-corrected chi connectivity index (χ1v) is 11.2. The summed E-state index contributed by atoms with van der Waals surface area (Å²) < 4.78 is 71.1. The molecule has 0 atom stereocenters. The zero-order valence-corrected chi connectivity index (χ0v) is 17.4. The third-order valence-corrected chi connectivity index (χ3v) is 6.09. The first kappa shape index (κ1) is 21.6. The fourth-order valence-corrected chi connectivity index (χ4v) is 4.20. The van der Waals surface area contributed by atoms with Crippen molar-refractivity contribution in [2.45, 2.75) is 16.7 Å². The van der Waals surface area contributed by atoms with Gasteiger partial charge in [0.1, 0.15) is 16.3 Å². The van der Waals surface area contributed by atoms with Crippen molar-refractivity contribution in [2.75, 3.05) is 12.8 Å². The normalized spacial score (nSPS) is 12.5. The Bertz CT molecular complexity index is 1400. The van der Waals surface area contributed by atoms with Gasteiger partial charge in [-0.05, 0) is 42.1 Å². The minimum Gasteiger partial charge on any atom is -0.495 e. The summed E-state index contributed by atoms with van der Waals surface area (Å²) in [5, 5.41) is 8.11. The molecular formula is C18H17N3O7S2. The number of fused-ring (bicyclic) bond motifs is 1. The smallest absolute Gasteiger partial charge is 0.297 e. The second kappa shape index (κ2) is 7.65. The van der Waals surface area contributed by atoms with E-state index in [0.717, 1.165) is 12.1 Å². The van der Waals surface area contributed by atoms with Crippen molar-refractivity contribution in [1.29, 1.82) is 0 Å². The molecule has 158 valence electrons. The standard InChI is InChI=1S/C18H17N3O7S2/c1-10-7-14(19)17(28-2)9-16(10)21-20-15-6-4-11-3-5-12(29(22,23)24)8-13(11)18(15)30(25,26)27/h3-9H,19H2,1-2H3,(H,22,23,24)(H,25,26,27). The Morgan fingerprint density at radius 3 is 2.13 bits per heavy atom. The van der Waals surface area contributed by atoms with Gasteiger partial charge in [0.05, 0.1) is 23.4 Å². The highest BCUT2D eigenvalue weighted by atomic mass is 32.2. The van der Waals surface area contributed by atoms with E-state index in [1.54, 1.807) is 13.0 Å². The van der Waals surface area contributed by atoms with Crippen molar-refractivity contribution in [3.63, 3.8) is 0 Å². The number of benzene rings is 3. The number of nitrogens with two attached hydrogens (primary N) is 1. The Balaban J connectivity index is 2.25. The van der Waals surface area contributed by atoms with Gasteiger partial charge in [-0.1, -0.05) is 12.1 Å². The summed E-state index contributed by atoms with van der Waals surface area (Å²) in [7, 11) is -8.00. The molecule has 0 radical (unpaired) electrons. The summed E-state index contributed by atoms with van der Waals surface area (Å²) in [6.07, 6.45) is 0. The number of aryl methyl sites for hydroxylation is 1. The van der Waals surface area contributed by atoms with Crippen molar-refractivity contribution in [3.05, 3.63) is 48.0 Å². The summed E-state index contributed by atoms with van der Waals surface area (Å²) in [6.45, 7) is 1.71. The fraction of sp³-hybridized carbons (Fsp3) is 0.111. The number of rotatable bonds is 5. The number of azo groups is 1. The largest absolute Gasteiger partial charge is 0.495 e. The van der Waals surface area contributed by atoms with Crippen LogP contribution in [0.4, 0.5) is 17.1 Å². The van der Waals surface area contributed by atoms with Crippen molar-refractivity contribution < 1.29 is 30.7 Å². The van der Waals surface area contributed by atoms with Gasteiger partial charge in [0.2, 0.25) is 0 Å². The molecule has 0 amide bonds. The van der Waals surface area contributed by atoms with Gasteiger partial charge in [-0.15, -0.1) is 5.11 Å². The maximum absolute atomic E-state index is 12.1. The Kier molecular flexibility index (Phi) is 5.52. The Labute approximate surface area is 172 Å². The van der Waals surface area contributed by atoms with E-state index in [1.165, 1.54) is 31.4 Å². The molecule has 0 fully saturated rings. The molecule has 0 aliphatic carbocycles. The molecule has 12 heteroatoms. The maximum atomic E-state index is 12.1. The summed E-state index contributed by atoms with van der Waals surface area (Å²) in [5.74, 6) is 0.348. The van der Waals surface area contributed by atoms with Crippen LogP contribution in [0, 0.1) is 6.92 Å². The minimum atomic E-state index is -4.83. The van der Waals surface area contributed by atoms with Crippen LogP contribution in [0.5, 0.6) is 5.75 Å². The molecule has 0 unspecified atom stereocenters. The van der Waals surface area contributed by atoms with Crippen LogP contribution in [0.25, 0.3) is 10.8 Å². The van der Waals surface area contributed by atoms with Crippen LogP contribution in [0.2, 0.25) is 0 Å². The van der Waals surface area contributed by atoms with Gasteiger partial charge < -0.3 is 10.5 Å². The van der Waals surface area contributed by atoms with E-state index < -0.39 is 30.0 Å². The van der Waals surface area contributed by atoms with E-state index >= 15 is 0 Å². The minimum absolute atomic E-state index is 0.143. The number of methoxy groups -OCH3 is 1. The highest BCUT2D eigenvalue weighted by molar-refractivity contribution is 7.86. The van der Waals surface area contributed by atoms with Gasteiger partial charge in [-0.25, -0.2) is 0 Å². The topological polar surface area (TPSA) is 169 Å². The lowest BCUT2D eigenvalue weighted by Crippen LogP contribution is -2.02. The molecule has 10 nitrogen and oxygen atoms in total. The SMILES string of the molecule is COc1cc(N=Nc2ccc3ccc(S(=O)(=O)O)cc3c2S(=O)(=O)O)c(C)cc1N. The highest BCUT2D eigenvalue weighted by Gasteiger charge is 2.22. The van der Waals surface area contributed by atoms with Crippen LogP contribution in [-0.2, 0) is 20.2 Å². The summed E-state index contributed by atoms with van der Waals surface area (Å²) in [4.78, 5) is -1.18. The van der Waals surface area contributed by atoms with Crippen LogP contribution in [0.3, 0.4) is 0 Å². The number of nitrogen functional groups attached to an aromatic ring is 1. The fourth-order valence-electron chi connectivity index (χ4n) is 2.86. The first-order valence-electron chi connectivity index (χ1n) is 8.29. The number of hydrogen-bond acceptors (Lipinski definition) is 8. The van der Waals surface area contributed by atoms with Crippen LogP contribution in [0.1, 0.15) is 5.56 Å². The molecule has 0 saturated heterocycles. The predicted octanol–water partition coefficient (Wildman–Crippen LogP) is 3.65. The third kappa shape index (κ3) is 4.26. The van der Waals surface area contributed by atoms with Gasteiger partial charge in [0, 0.05) is 11.5 Å². The molecule has 0 aliphatic rings. The van der Waals surface area contributed by atoms with E-state index in [0.29, 0.717) is 28.1 Å². The lowest BCUT2D eigenvalue weighted by molar-refractivity contribution is 0.417. The molecule has 0 aromatic heterocycles. The van der Waals surface area contributed by atoms with Crippen molar-refractivity contribution in [1.82, 2.24) is 0 Å². The zero-order valence-electron chi connectivity index (χ0n) is 15.8. The second-order valence-corrected chi connectivity index (χ2v) is 9.11. The molecular weight excluding hydrogens is 434 g/mol.